The number of anilines is 1. The van der Waals surface area contributed by atoms with E-state index in [4.69, 9.17) is 10.5 Å². The Morgan fingerprint density at radius 3 is 2.38 bits per heavy atom. The van der Waals surface area contributed by atoms with E-state index in [-0.39, 0.29) is 58.2 Å². The minimum absolute atomic E-state index is 0. The number of amides is 2. The Hall–Kier alpha value is -1.27. The zero-order chi connectivity index (χ0) is 14.4. The van der Waals surface area contributed by atoms with E-state index in [0.29, 0.717) is 17.7 Å². The molecule has 1 rings (SSSR count). The molecule has 6 nitrogen and oxygen atoms in total. The topological polar surface area (TPSA) is 96.3 Å². The molecule has 0 aliphatic rings. The Labute approximate surface area is 149 Å². The summed E-state index contributed by atoms with van der Waals surface area (Å²) in [6.45, 7) is 2.90. The van der Waals surface area contributed by atoms with Crippen molar-refractivity contribution >= 4 is 23.5 Å². The molecule has 0 heterocycles. The van der Waals surface area contributed by atoms with Gasteiger partial charge in [-0.15, -0.1) is 0 Å². The fourth-order valence-electron chi connectivity index (χ4n) is 1.42. The van der Waals surface area contributed by atoms with Gasteiger partial charge in [0, 0.05) is 57.3 Å². The van der Waals surface area contributed by atoms with Crippen LogP contribution in [0.4, 0.5) is 5.69 Å². The van der Waals surface area contributed by atoms with Crippen LogP contribution in [0.1, 0.15) is 36.2 Å². The second-order valence-corrected chi connectivity index (χ2v) is 3.88. The molecule has 1 aromatic carbocycles. The first-order chi connectivity index (χ1) is 8.93. The van der Waals surface area contributed by atoms with Gasteiger partial charge in [0.1, 0.15) is 6.61 Å². The number of benzene rings is 1. The predicted octanol–water partition coefficient (Wildman–Crippen LogP) is 2.74. The van der Waals surface area contributed by atoms with Crippen molar-refractivity contribution in [3.8, 4) is 0 Å². The number of rotatable bonds is 5. The molecule has 7 heteroatoms. The van der Waals surface area contributed by atoms with Gasteiger partial charge in [-0.3, -0.25) is 9.59 Å². The van der Waals surface area contributed by atoms with E-state index in [1.165, 1.54) is 13.0 Å². The number of nitrogens with one attached hydrogen (secondary N) is 2. The van der Waals surface area contributed by atoms with Crippen LogP contribution in [0.2, 0.25) is 0 Å². The third kappa shape index (κ3) is 7.34. The summed E-state index contributed by atoms with van der Waals surface area (Å²) in [6, 6.07) is 4.55. The monoisotopic (exact) mass is 367 g/mol. The molecule has 0 unspecified atom stereocenters. The normalized spacial score (nSPS) is 8.86. The van der Waals surface area contributed by atoms with Gasteiger partial charge in [-0.1, -0.05) is 13.0 Å². The minimum Gasteiger partial charge on any atom is -0.664 e. The van der Waals surface area contributed by atoms with Crippen molar-refractivity contribution in [2.75, 3.05) is 5.32 Å². The molecule has 0 spiro atoms. The molecule has 0 aliphatic carbocycles. The average Bonchev–Trinajstić information content (AvgIpc) is 2.36. The predicted molar refractivity (Wildman–Crippen MR) is 75.9 cm³/mol. The van der Waals surface area contributed by atoms with Crippen LogP contribution >= 0.6 is 0 Å². The molecule has 0 aromatic heterocycles. The van der Waals surface area contributed by atoms with Crippen molar-refractivity contribution in [2.45, 2.75) is 26.9 Å². The maximum Gasteiger partial charge on any atom is 0.302 e. The molecular weight excluding hydrogens is 349 g/mol. The zero-order valence-electron chi connectivity index (χ0n) is 12.4. The van der Waals surface area contributed by atoms with Gasteiger partial charge in [0.25, 0.3) is 0 Å². The summed E-state index contributed by atoms with van der Waals surface area (Å²) in [7, 11) is 0. The molecule has 1 radical (unpaired) electrons. The van der Waals surface area contributed by atoms with Gasteiger partial charge in [0.2, 0.25) is 5.91 Å². The van der Waals surface area contributed by atoms with E-state index in [1.54, 1.807) is 19.1 Å². The number of hydrogen-bond acceptors (Lipinski definition) is 4. The zero-order valence-corrected chi connectivity index (χ0v) is 15.2. The van der Waals surface area contributed by atoms with Crippen LogP contribution < -0.4 is 5.32 Å². The van der Waals surface area contributed by atoms with Gasteiger partial charge in [-0.05, 0) is 17.7 Å². The molecule has 2 N–H and O–H groups in total. The first-order valence-corrected chi connectivity index (χ1v) is 5.76. The number of carbonyl (C=O) groups excluding carboxylic acids is 3. The quantitative estimate of drug-likeness (QED) is 0.639. The molecule has 21 heavy (non-hydrogen) atoms. The minimum atomic E-state index is -0.894. The van der Waals surface area contributed by atoms with Crippen LogP contribution in [0.5, 0.6) is 0 Å². The summed E-state index contributed by atoms with van der Waals surface area (Å²) in [5.74, 6) is -1.54. The first kappa shape index (κ1) is 22.0. The third-order valence-electron chi connectivity index (χ3n) is 2.39. The van der Waals surface area contributed by atoms with Crippen LogP contribution in [0, 0.1) is 7.43 Å². The Bertz CT molecular complexity index is 518. The van der Waals surface area contributed by atoms with Gasteiger partial charge in [0.05, 0.1) is 5.91 Å². The van der Waals surface area contributed by atoms with Crippen molar-refractivity contribution in [1.82, 2.24) is 0 Å². The van der Waals surface area contributed by atoms with E-state index >= 15 is 0 Å². The van der Waals surface area contributed by atoms with E-state index in [2.05, 4.69) is 5.32 Å². The van der Waals surface area contributed by atoms with Crippen molar-refractivity contribution in [1.29, 1.82) is 0 Å². The molecule has 0 saturated heterocycles. The fourth-order valence-corrected chi connectivity index (χ4v) is 1.42. The summed E-state index contributed by atoms with van der Waals surface area (Å²) in [4.78, 5) is 33.2. The Morgan fingerprint density at radius 2 is 1.90 bits per heavy atom. The molecule has 0 aliphatic heterocycles. The largest absolute Gasteiger partial charge is 0.664 e. The van der Waals surface area contributed by atoms with E-state index in [9.17, 15) is 14.4 Å². The summed E-state index contributed by atoms with van der Waals surface area (Å²) < 4.78 is 4.80. The SMILES string of the molecule is CCC(=O)Nc1ccc(COC(C)=O)c(C([NH-])=O)c1.[CH3-].[Y]. The van der Waals surface area contributed by atoms with Crippen LogP contribution in [0.25, 0.3) is 5.73 Å². The molecular formula is C14H18N2O4Y-2. The van der Waals surface area contributed by atoms with E-state index in [1.807, 2.05) is 0 Å². The van der Waals surface area contributed by atoms with Crippen molar-refractivity contribution < 1.29 is 51.8 Å². The molecule has 0 fully saturated rings. The van der Waals surface area contributed by atoms with Crippen LogP contribution in [-0.2, 0) is 53.6 Å². The molecule has 0 bridgehead atoms. The van der Waals surface area contributed by atoms with Gasteiger partial charge >= 0.3 is 5.97 Å². The van der Waals surface area contributed by atoms with Crippen LogP contribution in [0.15, 0.2) is 18.2 Å². The smallest absolute Gasteiger partial charge is 0.302 e. The standard InChI is InChI=1S/C13H16N2O4.CH3.Y/c1-3-12(17)15-10-5-4-9(7-19-8(2)16)11(6-10)13(14)18;;/h4-6H,3,7H2,1-2H3,(H3,14,15,17,18);1H3;/q;-1;/p-1. The maximum atomic E-state index is 11.3. The van der Waals surface area contributed by atoms with Crippen molar-refractivity contribution in [3.63, 3.8) is 0 Å². The second-order valence-electron chi connectivity index (χ2n) is 3.88. The molecule has 2 amide bonds. The Kier molecular flexibility index (Phi) is 11.0. The summed E-state index contributed by atoms with van der Waals surface area (Å²) in [6.07, 6.45) is 0.319. The van der Waals surface area contributed by atoms with Crippen molar-refractivity contribution in [2.24, 2.45) is 0 Å². The number of esters is 1. The van der Waals surface area contributed by atoms with Gasteiger partial charge in [-0.2, -0.15) is 0 Å². The van der Waals surface area contributed by atoms with Crippen LogP contribution in [-0.4, -0.2) is 17.8 Å². The second kappa shape index (κ2) is 10.5. The molecule has 0 atom stereocenters. The summed E-state index contributed by atoms with van der Waals surface area (Å²) in [5, 5.41) is 2.60. The summed E-state index contributed by atoms with van der Waals surface area (Å²) >= 11 is 0. The first-order valence-electron chi connectivity index (χ1n) is 5.76. The molecule has 0 saturated carbocycles. The van der Waals surface area contributed by atoms with Crippen molar-refractivity contribution in [3.05, 3.63) is 42.5 Å². The average molecular weight is 367 g/mol. The van der Waals surface area contributed by atoms with E-state index in [0.717, 1.165) is 0 Å². The van der Waals surface area contributed by atoms with Crippen LogP contribution in [0.3, 0.4) is 0 Å². The van der Waals surface area contributed by atoms with E-state index < -0.39 is 11.9 Å². The summed E-state index contributed by atoms with van der Waals surface area (Å²) in [5.41, 5.74) is 8.16. The Morgan fingerprint density at radius 1 is 1.29 bits per heavy atom. The fraction of sp³-hybridized carbons (Fsp3) is 0.286. The Balaban J connectivity index is 0. The number of ether oxygens (including phenoxy) is 1. The maximum absolute atomic E-state index is 11.3. The van der Waals surface area contributed by atoms with Gasteiger partial charge < -0.3 is 28.0 Å². The number of hydrogen-bond donors (Lipinski definition) is 1. The van der Waals surface area contributed by atoms with Gasteiger partial charge in [-0.25, -0.2) is 0 Å². The van der Waals surface area contributed by atoms with Gasteiger partial charge in [0.15, 0.2) is 0 Å². The number of carbonyl (C=O) groups is 3. The third-order valence-corrected chi connectivity index (χ3v) is 2.39. The molecule has 113 valence electrons. The molecule has 1 aromatic rings.